The predicted molar refractivity (Wildman–Crippen MR) is 109 cm³/mol. The second-order valence-electron chi connectivity index (χ2n) is 6.52. The lowest BCUT2D eigenvalue weighted by Crippen LogP contribution is -2.18. The van der Waals surface area contributed by atoms with Crippen molar-refractivity contribution >= 4 is 28.2 Å². The van der Waals surface area contributed by atoms with Gasteiger partial charge in [0, 0.05) is 29.2 Å². The molecule has 0 aliphatic heterocycles. The molecule has 0 fully saturated rings. The number of aromatic nitrogens is 1. The number of hydrogen-bond acceptors (Lipinski definition) is 4. The molecule has 0 saturated heterocycles. The molecule has 28 heavy (non-hydrogen) atoms. The molecule has 1 N–H and O–H groups in total. The van der Waals surface area contributed by atoms with Gasteiger partial charge in [-0.1, -0.05) is 13.0 Å². The molecule has 0 aliphatic carbocycles. The molecule has 1 heterocycles. The van der Waals surface area contributed by atoms with Crippen LogP contribution in [-0.4, -0.2) is 22.5 Å². The molecule has 0 radical (unpaired) electrons. The lowest BCUT2D eigenvalue weighted by Gasteiger charge is -2.10. The van der Waals surface area contributed by atoms with Crippen LogP contribution in [0.15, 0.2) is 36.4 Å². The zero-order valence-corrected chi connectivity index (χ0v) is 16.4. The quantitative estimate of drug-likeness (QED) is 0.495. The Hall–Kier alpha value is -3.35. The number of ether oxygens (including phenoxy) is 1. The van der Waals surface area contributed by atoms with E-state index in [1.54, 1.807) is 6.07 Å². The number of nitrogens with one attached hydrogen (secondary N) is 1. The first-order valence-corrected chi connectivity index (χ1v) is 9.16. The van der Waals surface area contributed by atoms with Crippen molar-refractivity contribution in [1.82, 2.24) is 4.57 Å². The van der Waals surface area contributed by atoms with Gasteiger partial charge >= 0.3 is 5.69 Å². The van der Waals surface area contributed by atoms with E-state index in [9.17, 15) is 14.9 Å². The van der Waals surface area contributed by atoms with Crippen molar-refractivity contribution in [3.63, 3.8) is 0 Å². The van der Waals surface area contributed by atoms with Gasteiger partial charge in [-0.25, -0.2) is 0 Å². The number of amides is 1. The molecule has 1 aromatic heterocycles. The second kappa shape index (κ2) is 7.72. The van der Waals surface area contributed by atoms with Crippen molar-refractivity contribution in [2.24, 2.45) is 0 Å². The molecule has 0 saturated carbocycles. The molecule has 3 aromatic rings. The van der Waals surface area contributed by atoms with Crippen molar-refractivity contribution in [3.8, 4) is 5.75 Å². The number of hydrogen-bond donors (Lipinski definition) is 1. The number of rotatable bonds is 6. The number of carbonyl (C=O) groups excluding carboxylic acids is 1. The van der Waals surface area contributed by atoms with Crippen LogP contribution < -0.4 is 10.1 Å². The van der Waals surface area contributed by atoms with Crippen LogP contribution >= 0.6 is 0 Å². The molecular formula is C21H23N3O4. The normalized spacial score (nSPS) is 10.9. The summed E-state index contributed by atoms with van der Waals surface area (Å²) in [6.45, 7) is 6.65. The number of methoxy groups -OCH3 is 1. The molecule has 0 unspecified atom stereocenters. The summed E-state index contributed by atoms with van der Waals surface area (Å²) in [4.78, 5) is 23.7. The Balaban J connectivity index is 2.03. The number of fused-ring (bicyclic) bond motifs is 1. The highest BCUT2D eigenvalue weighted by Crippen LogP contribution is 2.31. The Bertz CT molecular complexity index is 1070. The third-order valence-corrected chi connectivity index (χ3v) is 4.95. The third kappa shape index (κ3) is 3.31. The van der Waals surface area contributed by atoms with Crippen molar-refractivity contribution in [2.45, 2.75) is 33.7 Å². The van der Waals surface area contributed by atoms with Gasteiger partial charge in [0.1, 0.15) is 5.69 Å². The van der Waals surface area contributed by atoms with Crippen LogP contribution in [0.2, 0.25) is 0 Å². The second-order valence-corrected chi connectivity index (χ2v) is 6.52. The molecule has 1 amide bonds. The van der Waals surface area contributed by atoms with Crippen LogP contribution in [-0.2, 0) is 13.0 Å². The molecule has 7 nitrogen and oxygen atoms in total. The van der Waals surface area contributed by atoms with Crippen molar-refractivity contribution < 1.29 is 14.5 Å². The van der Waals surface area contributed by atoms with Crippen LogP contribution in [0.4, 0.5) is 11.4 Å². The standard InChI is InChI=1S/C21H23N3O4/c1-5-14-7-9-17-16(11-14)13(3)20(23(17)6-2)21(25)22-15-8-10-19(28-4)18(12-15)24(26)27/h7-12H,5-6H2,1-4H3,(H,22,25). The molecule has 0 bridgehead atoms. The summed E-state index contributed by atoms with van der Waals surface area (Å²) in [5.41, 5.74) is 3.82. The van der Waals surface area contributed by atoms with E-state index in [2.05, 4.69) is 24.4 Å². The number of carbonyl (C=O) groups is 1. The first-order chi connectivity index (χ1) is 13.4. The maximum Gasteiger partial charge on any atom is 0.312 e. The van der Waals surface area contributed by atoms with Crippen molar-refractivity contribution in [2.75, 3.05) is 12.4 Å². The fourth-order valence-electron chi connectivity index (χ4n) is 3.51. The van der Waals surface area contributed by atoms with Gasteiger partial charge in [0.05, 0.1) is 12.0 Å². The first-order valence-electron chi connectivity index (χ1n) is 9.16. The Morgan fingerprint density at radius 1 is 1.21 bits per heavy atom. The molecule has 2 aromatic carbocycles. The maximum atomic E-state index is 13.0. The highest BCUT2D eigenvalue weighted by molar-refractivity contribution is 6.08. The summed E-state index contributed by atoms with van der Waals surface area (Å²) in [6.07, 6.45) is 0.920. The number of aryl methyl sites for hydroxylation is 3. The Morgan fingerprint density at radius 3 is 2.57 bits per heavy atom. The average Bonchev–Trinajstić information content (AvgIpc) is 2.99. The Morgan fingerprint density at radius 2 is 1.96 bits per heavy atom. The number of benzene rings is 2. The van der Waals surface area contributed by atoms with Crippen LogP contribution in [0.1, 0.15) is 35.5 Å². The molecule has 0 atom stereocenters. The van der Waals surface area contributed by atoms with E-state index in [1.165, 1.54) is 24.8 Å². The predicted octanol–water partition coefficient (Wildman–Crippen LogP) is 4.70. The topological polar surface area (TPSA) is 86.4 Å². The van der Waals surface area contributed by atoms with Crippen molar-refractivity contribution in [3.05, 3.63) is 63.3 Å². The Kier molecular flexibility index (Phi) is 5.35. The molecule has 7 heteroatoms. The van der Waals surface area contributed by atoms with Crippen molar-refractivity contribution in [1.29, 1.82) is 0 Å². The lowest BCUT2D eigenvalue weighted by molar-refractivity contribution is -0.385. The highest BCUT2D eigenvalue weighted by Gasteiger charge is 2.21. The monoisotopic (exact) mass is 381 g/mol. The van der Waals surface area contributed by atoms with Gasteiger partial charge in [0.25, 0.3) is 5.91 Å². The van der Waals surface area contributed by atoms with Crippen LogP contribution in [0.25, 0.3) is 10.9 Å². The fourth-order valence-corrected chi connectivity index (χ4v) is 3.51. The van der Waals surface area contributed by atoms with E-state index >= 15 is 0 Å². The number of nitro groups is 1. The van der Waals surface area contributed by atoms with Gasteiger partial charge in [-0.05, 0) is 55.7 Å². The van der Waals surface area contributed by atoms with E-state index in [-0.39, 0.29) is 17.3 Å². The minimum Gasteiger partial charge on any atom is -0.490 e. The average molecular weight is 381 g/mol. The van der Waals surface area contributed by atoms with Gasteiger partial charge < -0.3 is 14.6 Å². The summed E-state index contributed by atoms with van der Waals surface area (Å²) < 4.78 is 6.98. The fraction of sp³-hybridized carbons (Fsp3) is 0.286. The van der Waals surface area contributed by atoms with Gasteiger partial charge in [0.2, 0.25) is 0 Å². The van der Waals surface area contributed by atoms with Crippen LogP contribution in [0.3, 0.4) is 0 Å². The largest absolute Gasteiger partial charge is 0.490 e. The van der Waals surface area contributed by atoms with E-state index in [0.717, 1.165) is 22.9 Å². The van der Waals surface area contributed by atoms with E-state index in [1.807, 2.05) is 24.5 Å². The van der Waals surface area contributed by atoms with Crippen LogP contribution in [0.5, 0.6) is 5.75 Å². The summed E-state index contributed by atoms with van der Waals surface area (Å²) in [5, 5.41) is 15.1. The van der Waals surface area contributed by atoms with Gasteiger partial charge in [-0.15, -0.1) is 0 Å². The van der Waals surface area contributed by atoms with Gasteiger partial charge in [0.15, 0.2) is 5.75 Å². The van der Waals surface area contributed by atoms with Gasteiger partial charge in [-0.2, -0.15) is 0 Å². The summed E-state index contributed by atoms with van der Waals surface area (Å²) in [5.74, 6) is -0.151. The molecule has 3 rings (SSSR count). The zero-order chi connectivity index (χ0) is 20.4. The number of anilines is 1. The van der Waals surface area contributed by atoms with E-state index < -0.39 is 4.92 Å². The van der Waals surface area contributed by atoms with Crippen LogP contribution in [0, 0.1) is 17.0 Å². The number of nitro benzene ring substituents is 1. The Labute approximate surface area is 163 Å². The minimum absolute atomic E-state index is 0.147. The third-order valence-electron chi connectivity index (χ3n) is 4.95. The SMILES string of the molecule is CCc1ccc2c(c1)c(C)c(C(=O)Nc1ccc(OC)c([N+](=O)[O-])c1)n2CC. The maximum absolute atomic E-state index is 13.0. The number of nitrogens with zero attached hydrogens (tertiary/aromatic N) is 2. The first kappa shape index (κ1) is 19.4. The lowest BCUT2D eigenvalue weighted by atomic mass is 10.1. The molecular weight excluding hydrogens is 358 g/mol. The van der Waals surface area contributed by atoms with E-state index in [4.69, 9.17) is 4.74 Å². The highest BCUT2D eigenvalue weighted by atomic mass is 16.6. The summed E-state index contributed by atoms with van der Waals surface area (Å²) in [6, 6.07) is 10.6. The zero-order valence-electron chi connectivity index (χ0n) is 16.4. The minimum atomic E-state index is -0.533. The van der Waals surface area contributed by atoms with Gasteiger partial charge in [-0.3, -0.25) is 14.9 Å². The van der Waals surface area contributed by atoms with E-state index in [0.29, 0.717) is 17.9 Å². The smallest absolute Gasteiger partial charge is 0.312 e. The molecule has 0 spiro atoms. The summed E-state index contributed by atoms with van der Waals surface area (Å²) in [7, 11) is 1.37. The summed E-state index contributed by atoms with van der Waals surface area (Å²) >= 11 is 0. The molecule has 0 aliphatic rings. The molecule has 146 valence electrons.